The summed E-state index contributed by atoms with van der Waals surface area (Å²) >= 11 is 0. The van der Waals surface area contributed by atoms with Crippen molar-refractivity contribution >= 4 is 17.6 Å². The van der Waals surface area contributed by atoms with Crippen LogP contribution in [0.15, 0.2) is 24.3 Å². The van der Waals surface area contributed by atoms with Gasteiger partial charge in [0.2, 0.25) is 5.91 Å². The molecule has 8 heteroatoms. The van der Waals surface area contributed by atoms with Gasteiger partial charge in [-0.3, -0.25) is 24.6 Å². The summed E-state index contributed by atoms with van der Waals surface area (Å²) in [7, 11) is 0. The fraction of sp³-hybridized carbons (Fsp3) is 0.385. The first-order chi connectivity index (χ1) is 9.97. The summed E-state index contributed by atoms with van der Waals surface area (Å²) in [5.74, 6) is -1.34. The van der Waals surface area contributed by atoms with Crippen molar-refractivity contribution in [2.45, 2.75) is 19.0 Å². The van der Waals surface area contributed by atoms with E-state index in [9.17, 15) is 19.7 Å². The molecule has 1 atom stereocenters. The smallest absolute Gasteiger partial charge is 0.305 e. The van der Waals surface area contributed by atoms with Crippen LogP contribution in [0.3, 0.4) is 0 Å². The van der Waals surface area contributed by atoms with Gasteiger partial charge >= 0.3 is 5.97 Å². The van der Waals surface area contributed by atoms with Gasteiger partial charge < -0.3 is 10.4 Å². The largest absolute Gasteiger partial charge is 0.481 e. The molecule has 1 fully saturated rings. The van der Waals surface area contributed by atoms with Crippen LogP contribution in [0.5, 0.6) is 0 Å². The molecule has 2 N–H and O–H groups in total. The minimum atomic E-state index is -1.04. The number of hydrogen-bond donors (Lipinski definition) is 2. The van der Waals surface area contributed by atoms with Crippen molar-refractivity contribution in [3.05, 3.63) is 39.9 Å². The van der Waals surface area contributed by atoms with Gasteiger partial charge in [0, 0.05) is 31.8 Å². The Balaban J connectivity index is 2.09. The molecule has 0 aromatic heterocycles. The lowest BCUT2D eigenvalue weighted by atomic mass is 10.1. The van der Waals surface area contributed by atoms with Gasteiger partial charge in [-0.25, -0.2) is 0 Å². The molecule has 1 amide bonds. The quantitative estimate of drug-likeness (QED) is 0.599. The van der Waals surface area contributed by atoms with Crippen molar-refractivity contribution in [3.63, 3.8) is 0 Å². The summed E-state index contributed by atoms with van der Waals surface area (Å²) in [5.41, 5.74) is 0.794. The number of rotatable bonds is 5. The maximum atomic E-state index is 11.8. The van der Waals surface area contributed by atoms with Gasteiger partial charge in [0.25, 0.3) is 5.69 Å². The summed E-state index contributed by atoms with van der Waals surface area (Å²) in [5, 5.41) is 22.1. The molecule has 1 aliphatic rings. The number of carbonyl (C=O) groups is 2. The number of piperazine rings is 1. The molecule has 2 rings (SSSR count). The number of nitro groups is 1. The van der Waals surface area contributed by atoms with E-state index >= 15 is 0 Å². The highest BCUT2D eigenvalue weighted by molar-refractivity contribution is 5.86. The van der Waals surface area contributed by atoms with Crippen LogP contribution in [0.25, 0.3) is 0 Å². The third kappa shape index (κ3) is 3.76. The molecular formula is C13H15N3O5. The molecule has 1 unspecified atom stereocenters. The summed E-state index contributed by atoms with van der Waals surface area (Å²) in [6.45, 7) is 1.38. The molecular weight excluding hydrogens is 278 g/mol. The summed E-state index contributed by atoms with van der Waals surface area (Å²) in [4.78, 5) is 34.5. The normalized spacial score (nSPS) is 19.0. The first kappa shape index (κ1) is 14.9. The fourth-order valence-electron chi connectivity index (χ4n) is 2.30. The number of carboxylic acids is 1. The maximum absolute atomic E-state index is 11.8. The average Bonchev–Trinajstić information content (AvgIpc) is 2.43. The topological polar surface area (TPSA) is 113 Å². The predicted octanol–water partition coefficient (Wildman–Crippen LogP) is 0.370. The molecule has 1 heterocycles. The monoisotopic (exact) mass is 293 g/mol. The number of carboxylic acid groups (broad SMARTS) is 1. The zero-order chi connectivity index (χ0) is 15.4. The molecule has 0 aliphatic carbocycles. The van der Waals surface area contributed by atoms with Gasteiger partial charge in [-0.15, -0.1) is 0 Å². The van der Waals surface area contributed by atoms with Crippen molar-refractivity contribution in [2.24, 2.45) is 0 Å². The number of carbonyl (C=O) groups excluding carboxylic acids is 1. The van der Waals surface area contributed by atoms with Gasteiger partial charge in [0.15, 0.2) is 0 Å². The highest BCUT2D eigenvalue weighted by atomic mass is 16.6. The van der Waals surface area contributed by atoms with Crippen LogP contribution in [-0.4, -0.2) is 45.9 Å². The van der Waals surface area contributed by atoms with E-state index < -0.39 is 16.9 Å². The maximum Gasteiger partial charge on any atom is 0.305 e. The highest BCUT2D eigenvalue weighted by Crippen LogP contribution is 2.17. The van der Waals surface area contributed by atoms with E-state index in [-0.39, 0.29) is 18.0 Å². The molecule has 0 saturated carbocycles. The Morgan fingerprint density at radius 2 is 2.10 bits per heavy atom. The lowest BCUT2D eigenvalue weighted by Gasteiger charge is -2.34. The van der Waals surface area contributed by atoms with E-state index in [1.165, 1.54) is 12.1 Å². The number of non-ortho nitro benzene ring substituents is 1. The van der Waals surface area contributed by atoms with Crippen molar-refractivity contribution < 1.29 is 19.6 Å². The van der Waals surface area contributed by atoms with Gasteiger partial charge in [0.1, 0.15) is 6.04 Å². The van der Waals surface area contributed by atoms with E-state index in [2.05, 4.69) is 5.32 Å². The SMILES string of the molecule is O=C(O)CC1C(=O)NCCN1Cc1ccc([N+](=O)[O-])cc1. The molecule has 21 heavy (non-hydrogen) atoms. The van der Waals surface area contributed by atoms with Crippen LogP contribution in [-0.2, 0) is 16.1 Å². The molecule has 112 valence electrons. The zero-order valence-electron chi connectivity index (χ0n) is 11.2. The predicted molar refractivity (Wildman–Crippen MR) is 72.6 cm³/mol. The van der Waals surface area contributed by atoms with E-state index in [0.717, 1.165) is 5.56 Å². The number of hydrogen-bond acceptors (Lipinski definition) is 5. The minimum absolute atomic E-state index is 0.00257. The third-order valence-corrected chi connectivity index (χ3v) is 3.34. The summed E-state index contributed by atoms with van der Waals surface area (Å²) in [6.07, 6.45) is -0.265. The second kappa shape index (κ2) is 6.31. The van der Waals surface area contributed by atoms with Crippen molar-refractivity contribution in [1.82, 2.24) is 10.2 Å². The number of aliphatic carboxylic acids is 1. The number of nitrogens with zero attached hydrogens (tertiary/aromatic N) is 2. The zero-order valence-corrected chi connectivity index (χ0v) is 11.2. The summed E-state index contributed by atoms with van der Waals surface area (Å²) < 4.78 is 0. The number of nitro benzene ring substituents is 1. The lowest BCUT2D eigenvalue weighted by Crippen LogP contribution is -2.55. The van der Waals surface area contributed by atoms with Gasteiger partial charge in [0.05, 0.1) is 11.3 Å². The van der Waals surface area contributed by atoms with E-state index in [1.54, 1.807) is 17.0 Å². The van der Waals surface area contributed by atoms with Gasteiger partial charge in [-0.05, 0) is 5.56 Å². The minimum Gasteiger partial charge on any atom is -0.481 e. The first-order valence-corrected chi connectivity index (χ1v) is 6.44. The first-order valence-electron chi connectivity index (χ1n) is 6.44. The van der Waals surface area contributed by atoms with Crippen molar-refractivity contribution in [1.29, 1.82) is 0 Å². The van der Waals surface area contributed by atoms with Gasteiger partial charge in [-0.2, -0.15) is 0 Å². The Labute approximate surface area is 120 Å². The molecule has 1 aromatic rings. The van der Waals surface area contributed by atoms with Crippen LogP contribution in [0, 0.1) is 10.1 Å². The molecule has 8 nitrogen and oxygen atoms in total. The van der Waals surface area contributed by atoms with Crippen LogP contribution in [0.1, 0.15) is 12.0 Å². The van der Waals surface area contributed by atoms with Crippen LogP contribution in [0.2, 0.25) is 0 Å². The summed E-state index contributed by atoms with van der Waals surface area (Å²) in [6, 6.07) is 5.30. The second-order valence-electron chi connectivity index (χ2n) is 4.80. The Kier molecular flexibility index (Phi) is 4.49. The van der Waals surface area contributed by atoms with Gasteiger partial charge in [-0.1, -0.05) is 12.1 Å². The second-order valence-corrected chi connectivity index (χ2v) is 4.80. The Morgan fingerprint density at radius 3 is 2.67 bits per heavy atom. The van der Waals surface area contributed by atoms with Crippen molar-refractivity contribution in [2.75, 3.05) is 13.1 Å². The standard InChI is InChI=1S/C13H15N3O5/c17-12(18)7-11-13(19)14-5-6-15(11)8-9-1-3-10(4-2-9)16(20)21/h1-4,11H,5-8H2,(H,14,19)(H,17,18). The molecule has 1 aromatic carbocycles. The third-order valence-electron chi connectivity index (χ3n) is 3.34. The number of nitrogens with one attached hydrogen (secondary N) is 1. The fourth-order valence-corrected chi connectivity index (χ4v) is 2.30. The van der Waals surface area contributed by atoms with Crippen LogP contribution in [0.4, 0.5) is 5.69 Å². The molecule has 0 radical (unpaired) electrons. The van der Waals surface area contributed by atoms with Crippen LogP contribution < -0.4 is 5.32 Å². The number of benzene rings is 1. The van der Waals surface area contributed by atoms with E-state index in [1.807, 2.05) is 0 Å². The van der Waals surface area contributed by atoms with E-state index in [0.29, 0.717) is 19.6 Å². The van der Waals surface area contributed by atoms with E-state index in [4.69, 9.17) is 5.11 Å². The number of amides is 1. The average molecular weight is 293 g/mol. The van der Waals surface area contributed by atoms with Crippen LogP contribution >= 0.6 is 0 Å². The Morgan fingerprint density at radius 1 is 1.43 bits per heavy atom. The highest BCUT2D eigenvalue weighted by Gasteiger charge is 2.31. The Bertz CT molecular complexity index is 557. The Hall–Kier alpha value is -2.48. The molecule has 0 spiro atoms. The molecule has 1 saturated heterocycles. The molecule has 0 bridgehead atoms. The lowest BCUT2D eigenvalue weighted by molar-refractivity contribution is -0.384. The van der Waals surface area contributed by atoms with Crippen molar-refractivity contribution in [3.8, 4) is 0 Å². The molecule has 1 aliphatic heterocycles.